The number of carbonyl (C=O) groups is 2. The lowest BCUT2D eigenvalue weighted by Crippen LogP contribution is -2.41. The van der Waals surface area contributed by atoms with Crippen LogP contribution in [0.3, 0.4) is 0 Å². The van der Waals surface area contributed by atoms with Gasteiger partial charge in [-0.3, -0.25) is 9.59 Å². The highest BCUT2D eigenvalue weighted by atomic mass is 16.5. The van der Waals surface area contributed by atoms with Crippen molar-refractivity contribution >= 4 is 17.5 Å². The van der Waals surface area contributed by atoms with Crippen LogP contribution in [0.25, 0.3) is 0 Å². The molecule has 3 aromatic rings. The quantitative estimate of drug-likeness (QED) is 0.574. The Morgan fingerprint density at radius 1 is 0.833 bits per heavy atom. The van der Waals surface area contributed by atoms with E-state index in [9.17, 15) is 9.59 Å². The van der Waals surface area contributed by atoms with Crippen molar-refractivity contribution in [1.29, 1.82) is 0 Å². The monoisotopic (exact) mass is 404 g/mol. The van der Waals surface area contributed by atoms with Gasteiger partial charge in [0.15, 0.2) is 0 Å². The van der Waals surface area contributed by atoms with Gasteiger partial charge in [-0.2, -0.15) is 0 Å². The summed E-state index contributed by atoms with van der Waals surface area (Å²) in [5.41, 5.74) is 1.12. The fraction of sp³-hybridized carbons (Fsp3) is 0.167. The average Bonchev–Trinajstić information content (AvgIpc) is 2.77. The minimum absolute atomic E-state index is 0.294. The zero-order chi connectivity index (χ0) is 21.3. The van der Waals surface area contributed by atoms with Gasteiger partial charge >= 0.3 is 0 Å². The smallest absolute Gasteiger partial charge is 0.251 e. The highest BCUT2D eigenvalue weighted by molar-refractivity contribution is 6.00. The van der Waals surface area contributed by atoms with Gasteiger partial charge in [-0.1, -0.05) is 18.2 Å². The number of hydrogen-bond donors (Lipinski definition) is 2. The summed E-state index contributed by atoms with van der Waals surface area (Å²) in [7, 11) is 0. The van der Waals surface area contributed by atoms with Crippen molar-refractivity contribution in [1.82, 2.24) is 5.32 Å². The number of hydrogen-bond acceptors (Lipinski definition) is 4. The van der Waals surface area contributed by atoms with Gasteiger partial charge in [0.2, 0.25) is 5.91 Å². The number of nitrogens with one attached hydrogen (secondary N) is 2. The van der Waals surface area contributed by atoms with Crippen LogP contribution in [-0.4, -0.2) is 24.5 Å². The summed E-state index contributed by atoms with van der Waals surface area (Å²) in [4.78, 5) is 24.5. The van der Waals surface area contributed by atoms with Gasteiger partial charge in [-0.25, -0.2) is 0 Å². The summed E-state index contributed by atoms with van der Waals surface area (Å²) in [6, 6.07) is 22.5. The van der Waals surface area contributed by atoms with Gasteiger partial charge in [0.25, 0.3) is 5.91 Å². The Hall–Kier alpha value is -3.80. The van der Waals surface area contributed by atoms with Crippen LogP contribution < -0.4 is 20.1 Å². The molecule has 0 spiro atoms. The van der Waals surface area contributed by atoms with Crippen LogP contribution in [0.1, 0.15) is 24.2 Å². The average molecular weight is 404 g/mol. The molecule has 154 valence electrons. The number of amides is 2. The second-order valence-corrected chi connectivity index (χ2v) is 6.58. The van der Waals surface area contributed by atoms with Crippen molar-refractivity contribution in [3.05, 3.63) is 84.4 Å². The molecule has 3 aromatic carbocycles. The predicted octanol–water partition coefficient (Wildman–Crippen LogP) is 4.63. The number of rotatable bonds is 8. The number of carbonyl (C=O) groups excluding carboxylic acids is 2. The second kappa shape index (κ2) is 10.1. The molecule has 3 rings (SSSR count). The van der Waals surface area contributed by atoms with Gasteiger partial charge in [0, 0.05) is 11.3 Å². The van der Waals surface area contributed by atoms with Gasteiger partial charge < -0.3 is 20.1 Å². The van der Waals surface area contributed by atoms with Crippen LogP contribution in [-0.2, 0) is 4.79 Å². The minimum atomic E-state index is -0.683. The molecule has 1 atom stereocenters. The molecule has 0 aliphatic rings. The molecule has 0 bridgehead atoms. The van der Waals surface area contributed by atoms with E-state index in [1.807, 2.05) is 37.3 Å². The lowest BCUT2D eigenvalue weighted by atomic mass is 10.2. The first-order valence-electron chi connectivity index (χ1n) is 9.72. The number of benzene rings is 3. The molecule has 0 aliphatic heterocycles. The van der Waals surface area contributed by atoms with Crippen LogP contribution in [0.15, 0.2) is 78.9 Å². The predicted molar refractivity (Wildman–Crippen MR) is 116 cm³/mol. The molecule has 0 aliphatic carbocycles. The maximum atomic E-state index is 12.4. The molecule has 6 heteroatoms. The van der Waals surface area contributed by atoms with E-state index >= 15 is 0 Å². The molecule has 1 unspecified atom stereocenters. The van der Waals surface area contributed by atoms with Gasteiger partial charge in [-0.05, 0) is 74.5 Å². The topological polar surface area (TPSA) is 76.7 Å². The normalized spacial score (nSPS) is 11.3. The van der Waals surface area contributed by atoms with E-state index in [2.05, 4.69) is 10.6 Å². The summed E-state index contributed by atoms with van der Waals surface area (Å²) in [6.07, 6.45) is 0. The van der Waals surface area contributed by atoms with Crippen LogP contribution in [0.4, 0.5) is 5.69 Å². The molecular weight excluding hydrogens is 380 g/mol. The van der Waals surface area contributed by atoms with Crippen molar-refractivity contribution in [2.45, 2.75) is 19.9 Å². The summed E-state index contributed by atoms with van der Waals surface area (Å²) in [6.45, 7) is 4.18. The molecule has 0 saturated carbocycles. The van der Waals surface area contributed by atoms with Crippen molar-refractivity contribution in [2.24, 2.45) is 0 Å². The molecule has 6 nitrogen and oxygen atoms in total. The van der Waals surface area contributed by atoms with E-state index in [0.717, 1.165) is 5.75 Å². The van der Waals surface area contributed by atoms with E-state index in [1.54, 1.807) is 55.5 Å². The van der Waals surface area contributed by atoms with Crippen LogP contribution in [0.5, 0.6) is 17.2 Å². The van der Waals surface area contributed by atoms with Gasteiger partial charge in [-0.15, -0.1) is 0 Å². The first kappa shape index (κ1) is 20.9. The molecule has 0 heterocycles. The van der Waals surface area contributed by atoms with E-state index in [0.29, 0.717) is 29.4 Å². The van der Waals surface area contributed by atoms with Gasteiger partial charge in [0.05, 0.1) is 6.61 Å². The largest absolute Gasteiger partial charge is 0.494 e. The third-order valence-electron chi connectivity index (χ3n) is 4.27. The fourth-order valence-corrected chi connectivity index (χ4v) is 2.70. The summed E-state index contributed by atoms with van der Waals surface area (Å²) >= 11 is 0. The Labute approximate surface area is 175 Å². The first-order valence-corrected chi connectivity index (χ1v) is 9.72. The fourth-order valence-electron chi connectivity index (χ4n) is 2.70. The van der Waals surface area contributed by atoms with Crippen molar-refractivity contribution < 1.29 is 19.1 Å². The molecule has 2 N–H and O–H groups in total. The lowest BCUT2D eigenvalue weighted by molar-refractivity contribution is -0.117. The molecule has 0 radical (unpaired) electrons. The Balaban J connectivity index is 1.53. The highest BCUT2D eigenvalue weighted by Gasteiger charge is 2.16. The third-order valence-corrected chi connectivity index (χ3v) is 4.27. The lowest BCUT2D eigenvalue weighted by Gasteiger charge is -2.14. The van der Waals surface area contributed by atoms with Crippen molar-refractivity contribution in [3.63, 3.8) is 0 Å². The number of anilines is 1. The minimum Gasteiger partial charge on any atom is -0.494 e. The van der Waals surface area contributed by atoms with Crippen LogP contribution >= 0.6 is 0 Å². The summed E-state index contributed by atoms with van der Waals surface area (Å²) in [5, 5.41) is 5.47. The van der Waals surface area contributed by atoms with Crippen molar-refractivity contribution in [2.75, 3.05) is 11.9 Å². The maximum Gasteiger partial charge on any atom is 0.251 e. The van der Waals surface area contributed by atoms with Gasteiger partial charge in [0.1, 0.15) is 23.3 Å². The molecule has 0 saturated heterocycles. The van der Waals surface area contributed by atoms with E-state index in [1.165, 1.54) is 0 Å². The SMILES string of the molecule is CCOc1ccc(Oc2ccc(NC(=O)C(C)NC(=O)c3ccccc3)cc2)cc1. The summed E-state index contributed by atoms with van der Waals surface area (Å²) < 4.78 is 11.2. The Bertz CT molecular complexity index is 970. The van der Waals surface area contributed by atoms with Crippen LogP contribution in [0.2, 0.25) is 0 Å². The van der Waals surface area contributed by atoms with E-state index in [4.69, 9.17) is 9.47 Å². The molecule has 30 heavy (non-hydrogen) atoms. The second-order valence-electron chi connectivity index (χ2n) is 6.58. The maximum absolute atomic E-state index is 12.4. The Morgan fingerprint density at radius 3 is 2.00 bits per heavy atom. The first-order chi connectivity index (χ1) is 14.5. The van der Waals surface area contributed by atoms with Crippen molar-refractivity contribution in [3.8, 4) is 17.2 Å². The van der Waals surface area contributed by atoms with E-state index < -0.39 is 6.04 Å². The molecular formula is C24H24N2O4. The molecule has 0 fully saturated rings. The molecule has 2 amide bonds. The third kappa shape index (κ3) is 5.85. The standard InChI is InChI=1S/C24H24N2O4/c1-3-29-20-13-15-22(16-14-20)30-21-11-9-19(10-12-21)26-23(27)17(2)25-24(28)18-7-5-4-6-8-18/h4-17H,3H2,1-2H3,(H,25,28)(H,26,27). The van der Waals surface area contributed by atoms with E-state index in [-0.39, 0.29) is 11.8 Å². The highest BCUT2D eigenvalue weighted by Crippen LogP contribution is 2.25. The molecule has 0 aromatic heterocycles. The summed E-state index contributed by atoms with van der Waals surface area (Å²) in [5.74, 6) is 1.52. The zero-order valence-electron chi connectivity index (χ0n) is 16.9. The zero-order valence-corrected chi connectivity index (χ0v) is 16.9. The Morgan fingerprint density at radius 2 is 1.40 bits per heavy atom. The number of ether oxygens (including phenoxy) is 2. The Kier molecular flexibility index (Phi) is 7.05. The van der Waals surface area contributed by atoms with Crippen LogP contribution in [0, 0.1) is 0 Å².